The molecule has 1 aliphatic carbocycles. The molecule has 2 fully saturated rings. The second-order valence-electron chi connectivity index (χ2n) is 5.98. The van der Waals surface area contributed by atoms with Crippen LogP contribution < -0.4 is 5.32 Å². The molecule has 1 aromatic carbocycles. The molecule has 1 N–H and O–H groups in total. The Kier molecular flexibility index (Phi) is 3.76. The van der Waals surface area contributed by atoms with Crippen LogP contribution in [0.15, 0.2) is 28.7 Å². The lowest BCUT2D eigenvalue weighted by Crippen LogP contribution is -2.44. The Morgan fingerprint density at radius 2 is 1.94 bits per heavy atom. The van der Waals surface area contributed by atoms with E-state index in [2.05, 4.69) is 45.5 Å². The van der Waals surface area contributed by atoms with Crippen LogP contribution in [0.25, 0.3) is 0 Å². The van der Waals surface area contributed by atoms with Crippen molar-refractivity contribution in [1.82, 2.24) is 5.32 Å². The number of hydrogen-bond donors (Lipinski definition) is 1. The number of halogens is 1. The van der Waals surface area contributed by atoms with Crippen LogP contribution in [0.3, 0.4) is 0 Å². The van der Waals surface area contributed by atoms with Crippen LogP contribution in [0.5, 0.6) is 0 Å². The van der Waals surface area contributed by atoms with Crippen LogP contribution in [0.1, 0.15) is 50.0 Å². The Hall–Kier alpha value is -0.340. The van der Waals surface area contributed by atoms with Crippen molar-refractivity contribution >= 4 is 15.9 Å². The Morgan fingerprint density at radius 3 is 2.72 bits per heavy atom. The predicted molar refractivity (Wildman–Crippen MR) is 79.9 cm³/mol. The smallest absolute Gasteiger partial charge is 0.0178 e. The van der Waals surface area contributed by atoms with Gasteiger partial charge in [0.15, 0.2) is 0 Å². The van der Waals surface area contributed by atoms with E-state index in [-0.39, 0.29) is 0 Å². The number of nitrogens with one attached hydrogen (secondary N) is 1. The van der Waals surface area contributed by atoms with E-state index in [0.29, 0.717) is 11.3 Å². The van der Waals surface area contributed by atoms with Crippen LogP contribution in [-0.4, -0.2) is 13.1 Å². The van der Waals surface area contributed by atoms with Crippen molar-refractivity contribution in [3.05, 3.63) is 34.3 Å². The van der Waals surface area contributed by atoms with Crippen molar-refractivity contribution in [2.24, 2.45) is 5.41 Å². The Morgan fingerprint density at radius 1 is 1.11 bits per heavy atom. The SMILES string of the molecule is Brc1cccc(C2CNCCC23CCCCC3)c1. The summed E-state index contributed by atoms with van der Waals surface area (Å²) in [5.41, 5.74) is 2.11. The first-order valence-corrected chi connectivity index (χ1v) is 8.06. The summed E-state index contributed by atoms with van der Waals surface area (Å²) >= 11 is 3.62. The van der Waals surface area contributed by atoms with E-state index >= 15 is 0 Å². The number of benzene rings is 1. The maximum atomic E-state index is 3.62. The lowest BCUT2D eigenvalue weighted by Gasteiger charge is -2.47. The van der Waals surface area contributed by atoms with Gasteiger partial charge in [0.25, 0.3) is 0 Å². The fourth-order valence-electron chi connectivity index (χ4n) is 4.02. The zero-order valence-electron chi connectivity index (χ0n) is 10.9. The van der Waals surface area contributed by atoms with Gasteiger partial charge in [-0.25, -0.2) is 0 Å². The predicted octanol–water partition coefficient (Wildman–Crippen LogP) is 4.48. The average molecular weight is 308 g/mol. The summed E-state index contributed by atoms with van der Waals surface area (Å²) in [4.78, 5) is 0. The van der Waals surface area contributed by atoms with E-state index < -0.39 is 0 Å². The first-order valence-electron chi connectivity index (χ1n) is 7.26. The van der Waals surface area contributed by atoms with Crippen molar-refractivity contribution in [3.63, 3.8) is 0 Å². The van der Waals surface area contributed by atoms with Crippen molar-refractivity contribution in [1.29, 1.82) is 0 Å². The molecule has 1 unspecified atom stereocenters. The highest BCUT2D eigenvalue weighted by atomic mass is 79.9. The van der Waals surface area contributed by atoms with Gasteiger partial charge in [-0.1, -0.05) is 47.3 Å². The van der Waals surface area contributed by atoms with Gasteiger partial charge in [-0.3, -0.25) is 0 Å². The number of piperidine rings is 1. The third kappa shape index (κ3) is 2.37. The second-order valence-corrected chi connectivity index (χ2v) is 6.90. The van der Waals surface area contributed by atoms with Gasteiger partial charge in [0.05, 0.1) is 0 Å². The topological polar surface area (TPSA) is 12.0 Å². The monoisotopic (exact) mass is 307 g/mol. The molecular weight excluding hydrogens is 286 g/mol. The van der Waals surface area contributed by atoms with Crippen molar-refractivity contribution in [2.45, 2.75) is 44.4 Å². The van der Waals surface area contributed by atoms with Crippen molar-refractivity contribution in [2.75, 3.05) is 13.1 Å². The molecule has 1 heterocycles. The van der Waals surface area contributed by atoms with E-state index in [9.17, 15) is 0 Å². The highest BCUT2D eigenvalue weighted by Gasteiger charge is 2.41. The number of rotatable bonds is 1. The van der Waals surface area contributed by atoms with Crippen LogP contribution in [0.4, 0.5) is 0 Å². The minimum absolute atomic E-state index is 0.588. The van der Waals surface area contributed by atoms with E-state index in [0.717, 1.165) is 6.54 Å². The minimum Gasteiger partial charge on any atom is -0.316 e. The van der Waals surface area contributed by atoms with Gasteiger partial charge in [0.2, 0.25) is 0 Å². The van der Waals surface area contributed by atoms with Gasteiger partial charge >= 0.3 is 0 Å². The summed E-state index contributed by atoms with van der Waals surface area (Å²) in [7, 11) is 0. The third-order valence-electron chi connectivity index (χ3n) is 4.99. The Balaban J connectivity index is 1.91. The standard InChI is InChI=1S/C16H22BrN/c17-14-6-4-5-13(11-14)15-12-18-10-9-16(15)7-2-1-3-8-16/h4-6,11,15,18H,1-3,7-10,12H2. The molecule has 1 atom stereocenters. The van der Waals surface area contributed by atoms with E-state index in [4.69, 9.17) is 0 Å². The first-order chi connectivity index (χ1) is 8.80. The largest absolute Gasteiger partial charge is 0.316 e. The zero-order valence-corrected chi connectivity index (χ0v) is 12.5. The molecule has 18 heavy (non-hydrogen) atoms. The van der Waals surface area contributed by atoms with Crippen LogP contribution >= 0.6 is 15.9 Å². The van der Waals surface area contributed by atoms with Crippen molar-refractivity contribution in [3.8, 4) is 0 Å². The second kappa shape index (κ2) is 5.34. The summed E-state index contributed by atoms with van der Waals surface area (Å²) in [5, 5.41) is 3.61. The maximum Gasteiger partial charge on any atom is 0.0178 e. The molecule has 1 aromatic rings. The van der Waals surface area contributed by atoms with Crippen LogP contribution in [0.2, 0.25) is 0 Å². The highest BCUT2D eigenvalue weighted by Crippen LogP contribution is 2.51. The molecule has 1 saturated heterocycles. The molecule has 1 spiro atoms. The average Bonchev–Trinajstić information content (AvgIpc) is 2.40. The quantitative estimate of drug-likeness (QED) is 0.807. The first kappa shape index (κ1) is 12.7. The minimum atomic E-state index is 0.588. The van der Waals surface area contributed by atoms with E-state index in [1.54, 1.807) is 0 Å². The fourth-order valence-corrected chi connectivity index (χ4v) is 4.44. The van der Waals surface area contributed by atoms with Gasteiger partial charge in [-0.2, -0.15) is 0 Å². The lowest BCUT2D eigenvalue weighted by atomic mass is 9.61. The molecular formula is C16H22BrN. The molecule has 3 rings (SSSR count). The third-order valence-corrected chi connectivity index (χ3v) is 5.48. The Labute approximate surface area is 118 Å². The fraction of sp³-hybridized carbons (Fsp3) is 0.625. The van der Waals surface area contributed by atoms with Gasteiger partial charge in [0, 0.05) is 16.9 Å². The molecule has 98 valence electrons. The number of hydrogen-bond acceptors (Lipinski definition) is 1. The van der Waals surface area contributed by atoms with Gasteiger partial charge in [-0.15, -0.1) is 0 Å². The molecule has 1 aliphatic heterocycles. The molecule has 0 bridgehead atoms. The van der Waals surface area contributed by atoms with Crippen molar-refractivity contribution < 1.29 is 0 Å². The molecule has 1 nitrogen and oxygen atoms in total. The summed E-state index contributed by atoms with van der Waals surface area (Å²) in [5.74, 6) is 0.712. The molecule has 0 aromatic heterocycles. The molecule has 0 radical (unpaired) electrons. The summed E-state index contributed by atoms with van der Waals surface area (Å²) in [6.07, 6.45) is 8.55. The Bertz CT molecular complexity index is 401. The zero-order chi connectivity index (χ0) is 12.4. The summed E-state index contributed by atoms with van der Waals surface area (Å²) in [6, 6.07) is 8.96. The summed E-state index contributed by atoms with van der Waals surface area (Å²) < 4.78 is 1.22. The molecule has 2 aliphatic rings. The highest BCUT2D eigenvalue weighted by molar-refractivity contribution is 9.10. The maximum absolute atomic E-state index is 3.62. The van der Waals surface area contributed by atoms with Crippen LogP contribution in [-0.2, 0) is 0 Å². The molecule has 2 heteroatoms. The van der Waals surface area contributed by atoms with Gasteiger partial charge in [-0.05, 0) is 48.9 Å². The van der Waals surface area contributed by atoms with E-state index in [1.165, 1.54) is 55.1 Å². The van der Waals surface area contributed by atoms with Gasteiger partial charge < -0.3 is 5.32 Å². The van der Waals surface area contributed by atoms with Crippen LogP contribution in [0, 0.1) is 5.41 Å². The molecule has 0 amide bonds. The van der Waals surface area contributed by atoms with E-state index in [1.807, 2.05) is 0 Å². The lowest BCUT2D eigenvalue weighted by molar-refractivity contribution is 0.103. The van der Waals surface area contributed by atoms with Gasteiger partial charge in [0.1, 0.15) is 0 Å². The normalized spacial score (nSPS) is 27.3. The molecule has 1 saturated carbocycles. The summed E-state index contributed by atoms with van der Waals surface area (Å²) in [6.45, 7) is 2.38.